The van der Waals surface area contributed by atoms with Crippen molar-refractivity contribution in [3.8, 4) is 0 Å². The molecule has 68 heavy (non-hydrogen) atoms. The maximum absolute atomic E-state index is 7.85. The molecule has 2 aliphatic heterocycles. The van der Waals surface area contributed by atoms with Crippen molar-refractivity contribution in [2.45, 2.75) is 212 Å². The monoisotopic (exact) mass is 905 g/mol. The third kappa shape index (κ3) is 5.92. The van der Waals surface area contributed by atoms with E-state index in [9.17, 15) is 0 Å². The Morgan fingerprint density at radius 1 is 0.412 bits per heavy atom. The molecule has 4 aliphatic carbocycles. The van der Waals surface area contributed by atoms with Crippen molar-refractivity contribution >= 4 is 68.4 Å². The normalized spacial score (nSPS) is 23.2. The van der Waals surface area contributed by atoms with Crippen molar-refractivity contribution in [1.29, 1.82) is 0 Å². The van der Waals surface area contributed by atoms with Gasteiger partial charge in [0.15, 0.2) is 0 Å². The molecule has 0 N–H and O–H groups in total. The van der Waals surface area contributed by atoms with Gasteiger partial charge in [-0.05, 0) is 173 Å². The van der Waals surface area contributed by atoms with E-state index < -0.39 is 0 Å². The zero-order chi connectivity index (χ0) is 48.4. The lowest BCUT2D eigenvalue weighted by Gasteiger charge is -2.46. The molecule has 0 saturated carbocycles. The minimum Gasteiger partial charge on any atom is -0.472 e. The average Bonchev–Trinajstić information content (AvgIpc) is 3.88. The molecule has 0 fully saturated rings. The molecule has 5 heteroatoms. The smallest absolute Gasteiger partial charge is 0.301 e. The quantitative estimate of drug-likeness (QED) is 0.162. The highest BCUT2D eigenvalue weighted by atomic mass is 16.3. The fraction of sp³-hybridized carbons (Fsp3) is 0.524. The topological polar surface area (TPSA) is 32.8 Å². The molecular weight excluding hydrogens is 828 g/mol. The molecule has 0 atom stereocenters. The third-order valence-corrected chi connectivity index (χ3v) is 19.4. The van der Waals surface area contributed by atoms with Gasteiger partial charge in [0.2, 0.25) is 0 Å². The summed E-state index contributed by atoms with van der Waals surface area (Å²) in [7, 11) is 0. The van der Waals surface area contributed by atoms with Crippen molar-refractivity contribution in [3.05, 3.63) is 111 Å². The van der Waals surface area contributed by atoms with Gasteiger partial charge >= 0.3 is 6.71 Å². The van der Waals surface area contributed by atoms with Gasteiger partial charge in [-0.2, -0.15) is 0 Å². The van der Waals surface area contributed by atoms with E-state index in [2.05, 4.69) is 188 Å². The van der Waals surface area contributed by atoms with Crippen LogP contribution in [0.3, 0.4) is 0 Å². The van der Waals surface area contributed by atoms with Gasteiger partial charge in [-0.15, -0.1) is 0 Å². The summed E-state index contributed by atoms with van der Waals surface area (Å²) in [6.45, 7) is 41.2. The second kappa shape index (κ2) is 13.4. The van der Waals surface area contributed by atoms with E-state index in [0.717, 1.165) is 48.4 Å². The lowest BCUT2D eigenvalue weighted by Crippen LogP contribution is -2.61. The number of hydrogen-bond donors (Lipinski definition) is 0. The lowest BCUT2D eigenvalue weighted by molar-refractivity contribution is 0.282. The number of rotatable bonds is 2. The summed E-state index contributed by atoms with van der Waals surface area (Å²) in [5.41, 5.74) is 22.0. The molecule has 2 aromatic heterocycles. The van der Waals surface area contributed by atoms with E-state index in [1.165, 1.54) is 115 Å². The number of anilines is 6. The summed E-state index contributed by atoms with van der Waals surface area (Å²) in [6, 6.07) is 24.9. The lowest BCUT2D eigenvalue weighted by atomic mass is 9.35. The van der Waals surface area contributed by atoms with Gasteiger partial charge in [-0.25, -0.2) is 0 Å². The Balaban J connectivity index is 1.23. The highest BCUT2D eigenvalue weighted by Crippen LogP contribution is 2.58. The highest BCUT2D eigenvalue weighted by molar-refractivity contribution is 7.00. The first kappa shape index (κ1) is 44.6. The van der Waals surface area contributed by atoms with Crippen LogP contribution in [0.1, 0.15) is 213 Å². The summed E-state index contributed by atoms with van der Waals surface area (Å²) in [5, 5.41) is 1.27. The maximum Gasteiger partial charge on any atom is 0.301 e. The van der Waals surface area contributed by atoms with Gasteiger partial charge in [0.25, 0.3) is 0 Å². The zero-order valence-electron chi connectivity index (χ0n) is 44.7. The molecular formula is C63H77BN2O2. The predicted molar refractivity (Wildman–Crippen MR) is 288 cm³/mol. The van der Waals surface area contributed by atoms with Gasteiger partial charge in [0.05, 0.1) is 11.3 Å². The molecule has 0 unspecified atom stereocenters. The number of nitrogens with zero attached hydrogens (tertiary/aromatic N) is 2. The van der Waals surface area contributed by atoms with Crippen molar-refractivity contribution in [2.75, 3.05) is 9.80 Å². The molecule has 6 aromatic rings. The van der Waals surface area contributed by atoms with Gasteiger partial charge in [0.1, 0.15) is 17.1 Å². The molecule has 4 heterocycles. The number of furan rings is 2. The number of benzene rings is 4. The Labute approximate surface area is 408 Å². The van der Waals surface area contributed by atoms with Gasteiger partial charge in [-0.3, -0.25) is 0 Å². The molecule has 0 amide bonds. The SMILES string of the molecule is Cc1cc2c3c(c1)N(c1ccc4c(c1)C(C)(C)CCC4(C)C)c1c(oc4c1C(C)(C)CCC4(C)C)B3c1c(ccc3c4c(oc13)C(C)(C)CCC4(C)C)N2c1ccc2c(c1)C(C)(C)CCC2(C)C. The van der Waals surface area contributed by atoms with Crippen LogP contribution in [0, 0.1) is 6.92 Å². The van der Waals surface area contributed by atoms with E-state index >= 15 is 0 Å². The van der Waals surface area contributed by atoms with Crippen LogP contribution in [0.2, 0.25) is 0 Å². The highest BCUT2D eigenvalue weighted by Gasteiger charge is 2.54. The Morgan fingerprint density at radius 2 is 0.853 bits per heavy atom. The van der Waals surface area contributed by atoms with E-state index in [1.807, 2.05) is 0 Å². The van der Waals surface area contributed by atoms with Crippen LogP contribution >= 0.6 is 0 Å². The van der Waals surface area contributed by atoms with Crippen molar-refractivity contribution < 1.29 is 8.83 Å². The molecule has 0 spiro atoms. The first-order chi connectivity index (χ1) is 31.6. The van der Waals surface area contributed by atoms with E-state index in [4.69, 9.17) is 8.83 Å². The standard InChI is InChI=1S/C63H77BN2O2/c1-36-32-45-49-46(33-36)66(38-19-22-41-43(35-38)59(8,9)27-25-57(41,4)5)51-48-54(63(16,17)31-29-61(48,12)13)68-55(51)64(49)50-44(23-20-39-47-53(67-52(39)50)62(14,15)30-28-60(47,10)11)65(45)37-18-21-40-42(34-37)58(6,7)26-24-56(40,2)3/h18-23,32-35H,24-31H2,1-17H3. The van der Waals surface area contributed by atoms with Crippen LogP contribution in [-0.4, -0.2) is 6.71 Å². The summed E-state index contributed by atoms with van der Waals surface area (Å²) in [6.07, 6.45) is 9.13. The van der Waals surface area contributed by atoms with E-state index in [0.29, 0.717) is 0 Å². The Bertz CT molecular complexity index is 3180. The molecule has 4 aromatic carbocycles. The molecule has 12 rings (SSSR count). The van der Waals surface area contributed by atoms with Crippen LogP contribution in [0.15, 0.2) is 69.5 Å². The first-order valence-electron chi connectivity index (χ1n) is 26.4. The van der Waals surface area contributed by atoms with Crippen LogP contribution in [0.4, 0.5) is 34.1 Å². The van der Waals surface area contributed by atoms with Crippen molar-refractivity contribution in [3.63, 3.8) is 0 Å². The Morgan fingerprint density at radius 3 is 1.40 bits per heavy atom. The minimum atomic E-state index is -0.182. The fourth-order valence-electron chi connectivity index (χ4n) is 14.5. The summed E-state index contributed by atoms with van der Waals surface area (Å²) < 4.78 is 15.5. The molecule has 354 valence electrons. The van der Waals surface area contributed by atoms with Crippen molar-refractivity contribution in [1.82, 2.24) is 0 Å². The van der Waals surface area contributed by atoms with Crippen LogP contribution in [0.5, 0.6) is 0 Å². The van der Waals surface area contributed by atoms with Gasteiger partial charge in [-0.1, -0.05) is 123 Å². The number of fused-ring (bicyclic) bond motifs is 12. The maximum atomic E-state index is 7.85. The third-order valence-electron chi connectivity index (χ3n) is 19.4. The summed E-state index contributed by atoms with van der Waals surface area (Å²) >= 11 is 0. The van der Waals surface area contributed by atoms with Crippen LogP contribution < -0.4 is 26.4 Å². The second-order valence-corrected chi connectivity index (χ2v) is 28.1. The first-order valence-corrected chi connectivity index (χ1v) is 26.4. The van der Waals surface area contributed by atoms with E-state index in [1.54, 1.807) is 0 Å². The van der Waals surface area contributed by atoms with Crippen LogP contribution in [0.25, 0.3) is 11.0 Å². The number of hydrogen-bond acceptors (Lipinski definition) is 4. The number of aryl methyl sites for hydroxylation is 1. The predicted octanol–water partition coefficient (Wildman–Crippen LogP) is 15.8. The largest absolute Gasteiger partial charge is 0.472 e. The molecule has 6 aliphatic rings. The molecule has 0 bridgehead atoms. The zero-order valence-corrected chi connectivity index (χ0v) is 44.7. The molecule has 0 radical (unpaired) electrons. The van der Waals surface area contributed by atoms with Crippen molar-refractivity contribution in [2.24, 2.45) is 0 Å². The Kier molecular flexibility index (Phi) is 8.78. The molecule has 0 saturated heterocycles. The summed E-state index contributed by atoms with van der Waals surface area (Å²) in [4.78, 5) is 5.31. The minimum absolute atomic E-state index is 0.0170. The van der Waals surface area contributed by atoms with Gasteiger partial charge in [0, 0.05) is 61.2 Å². The Hall–Kier alpha value is -4.64. The van der Waals surface area contributed by atoms with Crippen LogP contribution in [-0.2, 0) is 43.3 Å². The fourth-order valence-corrected chi connectivity index (χ4v) is 14.5. The van der Waals surface area contributed by atoms with E-state index in [-0.39, 0.29) is 50.0 Å². The average molecular weight is 905 g/mol. The second-order valence-electron chi connectivity index (χ2n) is 28.1. The molecule has 4 nitrogen and oxygen atoms in total. The summed E-state index contributed by atoms with van der Waals surface area (Å²) in [5.74, 6) is 2.32. The van der Waals surface area contributed by atoms with Gasteiger partial charge < -0.3 is 18.6 Å².